The van der Waals surface area contributed by atoms with E-state index in [0.717, 1.165) is 39.8 Å². The first-order valence-corrected chi connectivity index (χ1v) is 10.1. The van der Waals surface area contributed by atoms with Crippen LogP contribution in [0.1, 0.15) is 38.1 Å². The fourth-order valence-corrected chi connectivity index (χ4v) is 3.29. The molecule has 1 aromatic carbocycles. The van der Waals surface area contributed by atoms with Gasteiger partial charge in [0.05, 0.1) is 0 Å². The third-order valence-corrected chi connectivity index (χ3v) is 4.48. The molecule has 0 radical (unpaired) electrons. The van der Waals surface area contributed by atoms with Crippen molar-refractivity contribution in [3.63, 3.8) is 0 Å². The van der Waals surface area contributed by atoms with E-state index in [1.54, 1.807) is 0 Å². The van der Waals surface area contributed by atoms with Crippen LogP contribution in [-0.4, -0.2) is 82.5 Å². The number of aromatic carboxylic acids is 1. The highest BCUT2D eigenvalue weighted by atomic mass is 16.7. The first kappa shape index (κ1) is 27.2. The molecule has 0 unspecified atom stereocenters. The number of carboxylic acids is 1. The molecule has 3 N–H and O–H groups in total. The van der Waals surface area contributed by atoms with Crippen LogP contribution in [-0.2, 0) is 42.9 Å². The molecule has 0 bridgehead atoms. The van der Waals surface area contributed by atoms with Gasteiger partial charge in [0.15, 0.2) is 12.2 Å². The van der Waals surface area contributed by atoms with Gasteiger partial charge in [0, 0.05) is 39.8 Å². The quantitative estimate of drug-likeness (QED) is 0.324. The lowest BCUT2D eigenvalue weighted by molar-refractivity contribution is -0.288. The molecule has 1 fully saturated rings. The van der Waals surface area contributed by atoms with E-state index in [9.17, 15) is 34.2 Å². The van der Waals surface area contributed by atoms with Crippen LogP contribution in [0.15, 0.2) is 12.1 Å². The van der Waals surface area contributed by atoms with Crippen molar-refractivity contribution in [3.8, 4) is 17.2 Å². The molecular formula is C21H24O14. The molecule has 2 rings (SSSR count). The number of phenols is 2. The van der Waals surface area contributed by atoms with E-state index in [0.29, 0.717) is 0 Å². The van der Waals surface area contributed by atoms with Crippen LogP contribution >= 0.6 is 0 Å². The van der Waals surface area contributed by atoms with Gasteiger partial charge in [0.1, 0.15) is 35.5 Å². The number of hydrogen-bond acceptors (Lipinski definition) is 13. The van der Waals surface area contributed by atoms with E-state index in [-0.39, 0.29) is 5.75 Å². The Morgan fingerprint density at radius 1 is 0.800 bits per heavy atom. The Hall–Kier alpha value is -4.07. The van der Waals surface area contributed by atoms with Gasteiger partial charge in [-0.15, -0.1) is 0 Å². The largest absolute Gasteiger partial charge is 0.507 e. The molecule has 0 amide bonds. The number of carbonyl (C=O) groups is 5. The lowest BCUT2D eigenvalue weighted by atomic mass is 9.98. The number of esters is 4. The zero-order valence-corrected chi connectivity index (χ0v) is 19.1. The van der Waals surface area contributed by atoms with Gasteiger partial charge in [-0.1, -0.05) is 0 Å². The fourth-order valence-electron chi connectivity index (χ4n) is 3.29. The van der Waals surface area contributed by atoms with Crippen molar-refractivity contribution in [2.45, 2.75) is 58.4 Å². The number of carbonyl (C=O) groups excluding carboxylic acids is 4. The zero-order valence-electron chi connectivity index (χ0n) is 19.1. The Morgan fingerprint density at radius 2 is 1.29 bits per heavy atom. The maximum Gasteiger partial charge on any atom is 0.343 e. The minimum absolute atomic E-state index is 0.328. The van der Waals surface area contributed by atoms with Crippen molar-refractivity contribution < 1.29 is 67.7 Å². The van der Waals surface area contributed by atoms with Gasteiger partial charge in [0.2, 0.25) is 12.4 Å². The van der Waals surface area contributed by atoms with Crippen LogP contribution in [0.3, 0.4) is 0 Å². The van der Waals surface area contributed by atoms with Crippen LogP contribution in [0.5, 0.6) is 17.2 Å². The highest BCUT2D eigenvalue weighted by Gasteiger charge is 2.53. The number of benzene rings is 1. The van der Waals surface area contributed by atoms with Crippen molar-refractivity contribution in [2.24, 2.45) is 0 Å². The van der Waals surface area contributed by atoms with Gasteiger partial charge in [-0.3, -0.25) is 19.2 Å². The molecule has 192 valence electrons. The van der Waals surface area contributed by atoms with Crippen LogP contribution in [0.4, 0.5) is 0 Å². The number of ether oxygens (including phenoxy) is 6. The molecule has 5 atom stereocenters. The predicted molar refractivity (Wildman–Crippen MR) is 109 cm³/mol. The van der Waals surface area contributed by atoms with Crippen LogP contribution in [0.2, 0.25) is 0 Å². The first-order chi connectivity index (χ1) is 16.3. The summed E-state index contributed by atoms with van der Waals surface area (Å²) in [5.74, 6) is -6.88. The van der Waals surface area contributed by atoms with Crippen LogP contribution in [0, 0.1) is 0 Å². The summed E-state index contributed by atoms with van der Waals surface area (Å²) < 4.78 is 31.9. The lowest BCUT2D eigenvalue weighted by Gasteiger charge is -2.43. The van der Waals surface area contributed by atoms with Gasteiger partial charge in [0.25, 0.3) is 0 Å². The molecular weight excluding hydrogens is 476 g/mol. The van der Waals surface area contributed by atoms with Crippen molar-refractivity contribution in [3.05, 3.63) is 17.7 Å². The smallest absolute Gasteiger partial charge is 0.343 e. The summed E-state index contributed by atoms with van der Waals surface area (Å²) in [5, 5.41) is 29.0. The third-order valence-electron chi connectivity index (χ3n) is 4.48. The topological polar surface area (TPSA) is 201 Å². The fraction of sp³-hybridized carbons (Fsp3) is 0.476. The molecule has 0 spiro atoms. The van der Waals surface area contributed by atoms with Crippen molar-refractivity contribution in [1.82, 2.24) is 0 Å². The second kappa shape index (κ2) is 11.4. The molecule has 1 heterocycles. The second-order valence-corrected chi connectivity index (χ2v) is 7.33. The van der Waals surface area contributed by atoms with Crippen LogP contribution < -0.4 is 4.74 Å². The molecule has 35 heavy (non-hydrogen) atoms. The third kappa shape index (κ3) is 7.20. The summed E-state index contributed by atoms with van der Waals surface area (Å²) in [5.41, 5.74) is -0.793. The average molecular weight is 500 g/mol. The Balaban J connectivity index is 2.52. The van der Waals surface area contributed by atoms with E-state index in [1.165, 1.54) is 0 Å². The monoisotopic (exact) mass is 500 g/mol. The first-order valence-electron chi connectivity index (χ1n) is 10.1. The van der Waals surface area contributed by atoms with E-state index >= 15 is 0 Å². The van der Waals surface area contributed by atoms with Gasteiger partial charge in [-0.2, -0.15) is 0 Å². The minimum atomic E-state index is -1.63. The van der Waals surface area contributed by atoms with E-state index in [1.807, 2.05) is 0 Å². The number of carboxylic acid groups (broad SMARTS) is 1. The van der Waals surface area contributed by atoms with Crippen molar-refractivity contribution in [2.75, 3.05) is 6.61 Å². The summed E-state index contributed by atoms with van der Waals surface area (Å²) in [7, 11) is 0. The summed E-state index contributed by atoms with van der Waals surface area (Å²) >= 11 is 0. The summed E-state index contributed by atoms with van der Waals surface area (Å²) in [4.78, 5) is 57.9. The molecule has 0 saturated carbocycles. The molecule has 0 aromatic heterocycles. The van der Waals surface area contributed by atoms with E-state index in [4.69, 9.17) is 33.5 Å². The minimum Gasteiger partial charge on any atom is -0.507 e. The summed E-state index contributed by atoms with van der Waals surface area (Å²) in [6, 6.07) is 1.69. The standard InChI is InChI=1S/C21H24O14/c1-8(22)30-7-15-17(31-9(2)23)18(32-10(3)24)19(33-11(4)25)21(35-15)34-12-5-13(26)16(20(28)29)14(27)6-12/h5-6,15,17-19,21,26-27H,7H2,1-4H3,(H,28,29)/t15-,17-,18+,19-,21-/m1/s1. The van der Waals surface area contributed by atoms with Gasteiger partial charge in [-0.05, 0) is 0 Å². The highest BCUT2D eigenvalue weighted by Crippen LogP contribution is 2.36. The highest BCUT2D eigenvalue weighted by molar-refractivity contribution is 5.94. The van der Waals surface area contributed by atoms with E-state index in [2.05, 4.69) is 0 Å². The number of aromatic hydroxyl groups is 2. The Bertz CT molecular complexity index is 979. The SMILES string of the molecule is CC(=O)OC[C@H]1O[C@@H](Oc2cc(O)c(C(=O)O)c(O)c2)[C@H](OC(C)=O)[C@@H](OC(C)=O)[C@@H]1OC(C)=O. The van der Waals surface area contributed by atoms with Gasteiger partial charge < -0.3 is 43.7 Å². The summed E-state index contributed by atoms with van der Waals surface area (Å²) in [6.45, 7) is 3.76. The van der Waals surface area contributed by atoms with Crippen molar-refractivity contribution in [1.29, 1.82) is 0 Å². The van der Waals surface area contributed by atoms with Gasteiger partial charge >= 0.3 is 29.8 Å². The Kier molecular flexibility index (Phi) is 8.83. The average Bonchev–Trinajstić information content (AvgIpc) is 2.69. The molecule has 1 saturated heterocycles. The zero-order chi connectivity index (χ0) is 26.4. The predicted octanol–water partition coefficient (Wildman–Crippen LogP) is 0.258. The Labute approximate surface area is 198 Å². The molecule has 1 aliphatic heterocycles. The molecule has 0 aliphatic carbocycles. The Morgan fingerprint density at radius 3 is 1.74 bits per heavy atom. The number of rotatable bonds is 8. The maximum absolute atomic E-state index is 11.8. The molecule has 1 aliphatic rings. The molecule has 14 nitrogen and oxygen atoms in total. The van der Waals surface area contributed by atoms with Crippen molar-refractivity contribution >= 4 is 29.8 Å². The van der Waals surface area contributed by atoms with Gasteiger partial charge in [-0.25, -0.2) is 4.79 Å². The summed E-state index contributed by atoms with van der Waals surface area (Å²) in [6.07, 6.45) is -7.39. The van der Waals surface area contributed by atoms with E-state index < -0.39 is 84.2 Å². The number of hydrogen-bond donors (Lipinski definition) is 3. The maximum atomic E-state index is 11.8. The lowest BCUT2D eigenvalue weighted by Crippen LogP contribution is -2.63. The molecule has 14 heteroatoms. The van der Waals surface area contributed by atoms with Crippen LogP contribution in [0.25, 0.3) is 0 Å². The second-order valence-electron chi connectivity index (χ2n) is 7.33. The normalized spacial score (nSPS) is 23.5. The molecule has 1 aromatic rings.